The minimum Gasteiger partial charge on any atom is -0.387 e. The molecule has 1 unspecified atom stereocenters. The van der Waals surface area contributed by atoms with Gasteiger partial charge in [-0.3, -0.25) is 0 Å². The largest absolute Gasteiger partial charge is 0.387 e. The predicted octanol–water partition coefficient (Wildman–Crippen LogP) is 2.75. The van der Waals surface area contributed by atoms with E-state index in [2.05, 4.69) is 17.9 Å². The lowest BCUT2D eigenvalue weighted by Gasteiger charge is -2.11. The van der Waals surface area contributed by atoms with E-state index in [-0.39, 0.29) is 0 Å². The Labute approximate surface area is 85.8 Å². The molecule has 0 fully saturated rings. The lowest BCUT2D eigenvalue weighted by atomic mass is 9.99. The van der Waals surface area contributed by atoms with Crippen molar-refractivity contribution in [1.29, 1.82) is 0 Å². The summed E-state index contributed by atoms with van der Waals surface area (Å²) in [4.78, 5) is 0. The number of aliphatic hydroxyl groups is 1. The zero-order valence-corrected chi connectivity index (χ0v) is 8.96. The zero-order valence-electron chi connectivity index (χ0n) is 8.96. The number of aliphatic hydroxyl groups excluding tert-OH is 1. The van der Waals surface area contributed by atoms with Crippen LogP contribution < -0.4 is 0 Å². The summed E-state index contributed by atoms with van der Waals surface area (Å²) in [6.07, 6.45) is 0.0585. The normalized spacial score (nSPS) is 11.7. The van der Waals surface area contributed by atoms with Gasteiger partial charge in [0, 0.05) is 6.42 Å². The Morgan fingerprint density at radius 1 is 1.36 bits per heavy atom. The molecule has 1 N–H and O–H groups in total. The third-order valence-electron chi connectivity index (χ3n) is 2.27. The van der Waals surface area contributed by atoms with E-state index in [0.717, 1.165) is 11.1 Å². The maximum absolute atomic E-state index is 9.85. The first-order valence-corrected chi connectivity index (χ1v) is 4.80. The van der Waals surface area contributed by atoms with Crippen molar-refractivity contribution in [3.05, 3.63) is 34.9 Å². The van der Waals surface area contributed by atoms with Crippen molar-refractivity contribution in [2.75, 3.05) is 0 Å². The Hall–Kier alpha value is -1.26. The first kappa shape index (κ1) is 10.8. The second-order valence-electron chi connectivity index (χ2n) is 3.51. The molecule has 1 aromatic rings. The molecular weight excluding hydrogens is 172 g/mol. The van der Waals surface area contributed by atoms with Gasteiger partial charge in [-0.15, -0.1) is 11.8 Å². The van der Waals surface area contributed by atoms with Crippen LogP contribution in [0.5, 0.6) is 0 Å². The molecular formula is C13H16O. The summed E-state index contributed by atoms with van der Waals surface area (Å²) in [6.45, 7) is 5.83. The zero-order chi connectivity index (χ0) is 10.6. The number of hydrogen-bond acceptors (Lipinski definition) is 1. The molecule has 0 amide bonds. The van der Waals surface area contributed by atoms with Crippen molar-refractivity contribution in [1.82, 2.24) is 0 Å². The van der Waals surface area contributed by atoms with Crippen LogP contribution in [0.2, 0.25) is 0 Å². The van der Waals surface area contributed by atoms with Crippen molar-refractivity contribution in [2.24, 2.45) is 0 Å². The fourth-order valence-electron chi connectivity index (χ4n) is 1.43. The molecule has 0 bridgehead atoms. The van der Waals surface area contributed by atoms with Gasteiger partial charge in [-0.1, -0.05) is 23.8 Å². The van der Waals surface area contributed by atoms with Crippen LogP contribution in [0.15, 0.2) is 18.2 Å². The number of aryl methyl sites for hydroxylation is 2. The average Bonchev–Trinajstić information content (AvgIpc) is 2.18. The molecule has 1 nitrogen and oxygen atoms in total. The molecule has 14 heavy (non-hydrogen) atoms. The fraction of sp³-hybridized carbons (Fsp3) is 0.385. The molecule has 0 aliphatic carbocycles. The maximum atomic E-state index is 9.85. The van der Waals surface area contributed by atoms with Gasteiger partial charge in [0.25, 0.3) is 0 Å². The van der Waals surface area contributed by atoms with Crippen LogP contribution in [0.3, 0.4) is 0 Å². The number of rotatable bonds is 2. The smallest absolute Gasteiger partial charge is 0.0901 e. The van der Waals surface area contributed by atoms with Crippen molar-refractivity contribution < 1.29 is 5.11 Å². The molecule has 0 radical (unpaired) electrons. The van der Waals surface area contributed by atoms with E-state index in [1.54, 1.807) is 6.92 Å². The first-order chi connectivity index (χ1) is 6.65. The predicted molar refractivity (Wildman–Crippen MR) is 58.9 cm³/mol. The fourth-order valence-corrected chi connectivity index (χ4v) is 1.43. The van der Waals surface area contributed by atoms with Crippen LogP contribution in [0, 0.1) is 25.7 Å². The monoisotopic (exact) mass is 188 g/mol. The molecule has 1 rings (SSSR count). The minimum absolute atomic E-state index is 0.456. The maximum Gasteiger partial charge on any atom is 0.0901 e. The highest BCUT2D eigenvalue weighted by molar-refractivity contribution is 5.32. The van der Waals surface area contributed by atoms with Gasteiger partial charge in [0.15, 0.2) is 0 Å². The quantitative estimate of drug-likeness (QED) is 0.707. The van der Waals surface area contributed by atoms with E-state index in [1.165, 1.54) is 5.56 Å². The molecule has 0 heterocycles. The van der Waals surface area contributed by atoms with Gasteiger partial charge in [0.1, 0.15) is 0 Å². The Morgan fingerprint density at radius 2 is 2.07 bits per heavy atom. The van der Waals surface area contributed by atoms with Gasteiger partial charge in [-0.2, -0.15) is 0 Å². The Kier molecular flexibility index (Phi) is 3.73. The lowest BCUT2D eigenvalue weighted by molar-refractivity contribution is 0.183. The van der Waals surface area contributed by atoms with E-state index in [9.17, 15) is 5.11 Å². The van der Waals surface area contributed by atoms with E-state index < -0.39 is 6.10 Å². The highest BCUT2D eigenvalue weighted by atomic mass is 16.3. The topological polar surface area (TPSA) is 20.2 Å². The molecule has 0 aliphatic rings. The minimum atomic E-state index is -0.456. The van der Waals surface area contributed by atoms with E-state index in [1.807, 2.05) is 26.0 Å². The van der Waals surface area contributed by atoms with Gasteiger partial charge in [-0.05, 0) is 31.9 Å². The molecule has 0 saturated carbocycles. The van der Waals surface area contributed by atoms with Gasteiger partial charge in [0.05, 0.1) is 6.10 Å². The second-order valence-corrected chi connectivity index (χ2v) is 3.51. The van der Waals surface area contributed by atoms with Crippen molar-refractivity contribution in [3.63, 3.8) is 0 Å². The van der Waals surface area contributed by atoms with E-state index >= 15 is 0 Å². The highest BCUT2D eigenvalue weighted by Crippen LogP contribution is 2.21. The van der Waals surface area contributed by atoms with Crippen LogP contribution in [0.25, 0.3) is 0 Å². The molecule has 0 saturated heterocycles. The average molecular weight is 188 g/mol. The summed E-state index contributed by atoms with van der Waals surface area (Å²) < 4.78 is 0. The number of hydrogen-bond donors (Lipinski definition) is 1. The molecule has 0 aromatic heterocycles. The summed E-state index contributed by atoms with van der Waals surface area (Å²) in [7, 11) is 0. The molecule has 74 valence electrons. The molecule has 0 spiro atoms. The van der Waals surface area contributed by atoms with Gasteiger partial charge in [-0.25, -0.2) is 0 Å². The van der Waals surface area contributed by atoms with Crippen LogP contribution in [-0.4, -0.2) is 5.11 Å². The first-order valence-electron chi connectivity index (χ1n) is 4.80. The molecule has 1 heteroatoms. The third-order valence-corrected chi connectivity index (χ3v) is 2.27. The molecule has 1 atom stereocenters. The van der Waals surface area contributed by atoms with Gasteiger partial charge in [0.2, 0.25) is 0 Å². The molecule has 0 aliphatic heterocycles. The lowest BCUT2D eigenvalue weighted by Crippen LogP contribution is -1.99. The summed E-state index contributed by atoms with van der Waals surface area (Å²) >= 11 is 0. The van der Waals surface area contributed by atoms with Crippen LogP contribution in [0.4, 0.5) is 0 Å². The van der Waals surface area contributed by atoms with Crippen LogP contribution in [0.1, 0.15) is 36.1 Å². The standard InChI is InChI=1S/C13H16O/c1-4-5-6-13(14)12-9-10(2)7-8-11(12)3/h7-9,13-14H,6H2,1-3H3. The summed E-state index contributed by atoms with van der Waals surface area (Å²) in [5.74, 6) is 5.69. The molecule has 1 aromatic carbocycles. The van der Waals surface area contributed by atoms with Gasteiger partial charge >= 0.3 is 0 Å². The van der Waals surface area contributed by atoms with Crippen LogP contribution in [-0.2, 0) is 0 Å². The van der Waals surface area contributed by atoms with Crippen molar-refractivity contribution in [2.45, 2.75) is 33.3 Å². The van der Waals surface area contributed by atoms with E-state index in [4.69, 9.17) is 0 Å². The van der Waals surface area contributed by atoms with Crippen molar-refractivity contribution in [3.8, 4) is 11.8 Å². The third kappa shape index (κ3) is 2.61. The van der Waals surface area contributed by atoms with Gasteiger partial charge < -0.3 is 5.11 Å². The second kappa shape index (κ2) is 4.83. The Bertz CT molecular complexity index is 369. The Balaban J connectivity index is 2.91. The highest BCUT2D eigenvalue weighted by Gasteiger charge is 2.08. The summed E-state index contributed by atoms with van der Waals surface area (Å²) in [5, 5.41) is 9.85. The van der Waals surface area contributed by atoms with Crippen LogP contribution >= 0.6 is 0 Å². The SMILES string of the molecule is CC#CCC(O)c1cc(C)ccc1C. The summed E-state index contributed by atoms with van der Waals surface area (Å²) in [5.41, 5.74) is 3.29. The summed E-state index contributed by atoms with van der Waals surface area (Å²) in [6, 6.07) is 6.11. The van der Waals surface area contributed by atoms with Crippen molar-refractivity contribution >= 4 is 0 Å². The van der Waals surface area contributed by atoms with E-state index in [0.29, 0.717) is 6.42 Å². The number of benzene rings is 1. The Morgan fingerprint density at radius 3 is 2.71 bits per heavy atom.